The second kappa shape index (κ2) is 9.37. The van der Waals surface area contributed by atoms with E-state index >= 15 is 0 Å². The highest BCUT2D eigenvalue weighted by molar-refractivity contribution is 5.70. The molecule has 0 aromatic heterocycles. The van der Waals surface area contributed by atoms with Crippen LogP contribution in [0, 0.1) is 5.92 Å². The maximum absolute atomic E-state index is 11.7. The minimum Gasteiger partial charge on any atom is -0.466 e. The van der Waals surface area contributed by atoms with E-state index in [1.165, 1.54) is 38.5 Å². The first kappa shape index (κ1) is 15.5. The molecule has 3 nitrogen and oxygen atoms in total. The molecule has 1 N–H and O–H groups in total. The molecule has 1 unspecified atom stereocenters. The van der Waals surface area contributed by atoms with Crippen LogP contribution in [0.25, 0.3) is 0 Å². The first-order valence-corrected chi connectivity index (χ1v) is 7.66. The van der Waals surface area contributed by atoms with Crippen LogP contribution in [0.1, 0.15) is 65.2 Å². The molecule has 106 valence electrons. The van der Waals surface area contributed by atoms with E-state index in [1.807, 2.05) is 6.92 Å². The quantitative estimate of drug-likeness (QED) is 0.560. The van der Waals surface area contributed by atoms with Crippen LogP contribution in [-0.4, -0.2) is 25.2 Å². The largest absolute Gasteiger partial charge is 0.466 e. The Balaban J connectivity index is 2.48. The van der Waals surface area contributed by atoms with Crippen LogP contribution in [0.3, 0.4) is 0 Å². The fraction of sp³-hybridized carbons (Fsp3) is 0.933. The Morgan fingerprint density at radius 1 is 1.22 bits per heavy atom. The van der Waals surface area contributed by atoms with E-state index in [0.717, 1.165) is 13.0 Å². The number of carbonyl (C=O) groups is 1. The zero-order chi connectivity index (χ0) is 13.2. The smallest absolute Gasteiger partial charge is 0.307 e. The molecular formula is C15H29NO2. The van der Waals surface area contributed by atoms with Gasteiger partial charge in [-0.2, -0.15) is 0 Å². The van der Waals surface area contributed by atoms with Gasteiger partial charge in [-0.25, -0.2) is 0 Å². The topological polar surface area (TPSA) is 38.3 Å². The Hall–Kier alpha value is -0.570. The predicted molar refractivity (Wildman–Crippen MR) is 74.5 cm³/mol. The van der Waals surface area contributed by atoms with E-state index in [-0.39, 0.29) is 5.97 Å². The summed E-state index contributed by atoms with van der Waals surface area (Å²) in [4.78, 5) is 11.7. The predicted octanol–water partition coefficient (Wildman–Crippen LogP) is 3.28. The van der Waals surface area contributed by atoms with Crippen LogP contribution >= 0.6 is 0 Å². The van der Waals surface area contributed by atoms with Crippen LogP contribution < -0.4 is 5.32 Å². The number of nitrogens with one attached hydrogen (secondary N) is 1. The molecule has 0 radical (unpaired) electrons. The molecule has 0 amide bonds. The van der Waals surface area contributed by atoms with Crippen LogP contribution in [-0.2, 0) is 9.53 Å². The highest BCUT2D eigenvalue weighted by Gasteiger charge is 2.24. The van der Waals surface area contributed by atoms with E-state index in [4.69, 9.17) is 4.74 Å². The highest BCUT2D eigenvalue weighted by atomic mass is 16.5. The molecule has 0 heterocycles. The minimum atomic E-state index is -0.0460. The van der Waals surface area contributed by atoms with E-state index < -0.39 is 0 Å². The van der Waals surface area contributed by atoms with Gasteiger partial charge in [-0.3, -0.25) is 4.79 Å². The molecule has 18 heavy (non-hydrogen) atoms. The lowest BCUT2D eigenvalue weighted by Crippen LogP contribution is -2.38. The molecule has 1 fully saturated rings. The zero-order valence-electron chi connectivity index (χ0n) is 12.0. The van der Waals surface area contributed by atoms with Gasteiger partial charge in [0.05, 0.1) is 13.0 Å². The van der Waals surface area contributed by atoms with Gasteiger partial charge in [0.15, 0.2) is 0 Å². The van der Waals surface area contributed by atoms with Crippen molar-refractivity contribution in [1.82, 2.24) is 5.32 Å². The molecule has 0 aromatic rings. The van der Waals surface area contributed by atoms with Crippen molar-refractivity contribution < 1.29 is 9.53 Å². The van der Waals surface area contributed by atoms with Crippen LogP contribution in [0.4, 0.5) is 0 Å². The third-order valence-electron chi connectivity index (χ3n) is 3.82. The number of carbonyl (C=O) groups excluding carboxylic acids is 1. The molecule has 0 saturated heterocycles. The molecule has 0 aliphatic heterocycles. The van der Waals surface area contributed by atoms with Gasteiger partial charge in [0.25, 0.3) is 0 Å². The number of hydrogen-bond acceptors (Lipinski definition) is 3. The van der Waals surface area contributed by atoms with Gasteiger partial charge in [-0.1, -0.05) is 32.6 Å². The highest BCUT2D eigenvalue weighted by Crippen LogP contribution is 2.27. The van der Waals surface area contributed by atoms with Gasteiger partial charge in [-0.15, -0.1) is 0 Å². The van der Waals surface area contributed by atoms with Crippen molar-refractivity contribution in [3.63, 3.8) is 0 Å². The summed E-state index contributed by atoms with van der Waals surface area (Å²) in [5.74, 6) is 0.610. The first-order valence-electron chi connectivity index (χ1n) is 7.66. The molecule has 1 aliphatic rings. The average Bonchev–Trinajstić information content (AvgIpc) is 2.63. The Bertz CT molecular complexity index is 223. The number of hydrogen-bond donors (Lipinski definition) is 1. The molecular weight excluding hydrogens is 226 g/mol. The van der Waals surface area contributed by atoms with Gasteiger partial charge in [0, 0.05) is 6.04 Å². The summed E-state index contributed by atoms with van der Waals surface area (Å²) < 4.78 is 5.10. The lowest BCUT2D eigenvalue weighted by Gasteiger charge is -2.26. The maximum atomic E-state index is 11.7. The summed E-state index contributed by atoms with van der Waals surface area (Å²) in [6, 6.07) is 0.321. The SMILES string of the molecule is CCCNC(CC(=O)OCC)C1CCCCCC1. The fourth-order valence-electron chi connectivity index (χ4n) is 2.85. The molecule has 0 bridgehead atoms. The third kappa shape index (κ3) is 5.85. The summed E-state index contributed by atoms with van der Waals surface area (Å²) in [6.07, 6.45) is 9.54. The van der Waals surface area contributed by atoms with E-state index in [0.29, 0.717) is 25.0 Å². The molecule has 0 spiro atoms. The Labute approximate surface area is 112 Å². The Morgan fingerprint density at radius 2 is 1.89 bits per heavy atom. The van der Waals surface area contributed by atoms with Crippen LogP contribution in [0.5, 0.6) is 0 Å². The molecule has 1 saturated carbocycles. The third-order valence-corrected chi connectivity index (χ3v) is 3.82. The van der Waals surface area contributed by atoms with E-state index in [2.05, 4.69) is 12.2 Å². The maximum Gasteiger partial charge on any atom is 0.307 e. The average molecular weight is 255 g/mol. The summed E-state index contributed by atoms with van der Waals surface area (Å²) in [5, 5.41) is 3.56. The van der Waals surface area contributed by atoms with Gasteiger partial charge >= 0.3 is 5.97 Å². The Kier molecular flexibility index (Phi) is 8.06. The standard InChI is InChI=1S/C15H29NO2/c1-3-11-16-14(12-15(17)18-4-2)13-9-7-5-6-8-10-13/h13-14,16H,3-12H2,1-2H3. The number of rotatable bonds is 7. The Morgan fingerprint density at radius 3 is 2.44 bits per heavy atom. The first-order chi connectivity index (χ1) is 8.77. The van der Waals surface area contributed by atoms with Crippen LogP contribution in [0.2, 0.25) is 0 Å². The molecule has 3 heteroatoms. The second-order valence-electron chi connectivity index (χ2n) is 5.32. The van der Waals surface area contributed by atoms with E-state index in [1.54, 1.807) is 0 Å². The van der Waals surface area contributed by atoms with Crippen LogP contribution in [0.15, 0.2) is 0 Å². The van der Waals surface area contributed by atoms with Crippen molar-refractivity contribution in [2.45, 2.75) is 71.3 Å². The second-order valence-corrected chi connectivity index (χ2v) is 5.32. The van der Waals surface area contributed by atoms with Gasteiger partial charge in [0.1, 0.15) is 0 Å². The van der Waals surface area contributed by atoms with Crippen molar-refractivity contribution >= 4 is 5.97 Å². The summed E-state index contributed by atoms with van der Waals surface area (Å²) in [5.41, 5.74) is 0. The monoisotopic (exact) mass is 255 g/mol. The molecule has 1 rings (SSSR count). The van der Waals surface area contributed by atoms with Crippen molar-refractivity contribution in [3.8, 4) is 0 Å². The van der Waals surface area contributed by atoms with Gasteiger partial charge in [-0.05, 0) is 38.6 Å². The lowest BCUT2D eigenvalue weighted by molar-refractivity contribution is -0.144. The normalized spacial score (nSPS) is 19.2. The molecule has 0 aromatic carbocycles. The van der Waals surface area contributed by atoms with Crippen molar-refractivity contribution in [2.24, 2.45) is 5.92 Å². The molecule has 1 atom stereocenters. The van der Waals surface area contributed by atoms with E-state index in [9.17, 15) is 4.79 Å². The molecule has 1 aliphatic carbocycles. The van der Waals surface area contributed by atoms with Gasteiger partial charge in [0.2, 0.25) is 0 Å². The fourth-order valence-corrected chi connectivity index (χ4v) is 2.85. The summed E-state index contributed by atoms with van der Waals surface area (Å²) in [7, 11) is 0. The summed E-state index contributed by atoms with van der Waals surface area (Å²) >= 11 is 0. The lowest BCUT2D eigenvalue weighted by atomic mass is 9.89. The summed E-state index contributed by atoms with van der Waals surface area (Å²) in [6.45, 7) is 5.53. The van der Waals surface area contributed by atoms with Crippen molar-refractivity contribution in [1.29, 1.82) is 0 Å². The number of ether oxygens (including phenoxy) is 1. The van der Waals surface area contributed by atoms with Gasteiger partial charge < -0.3 is 10.1 Å². The minimum absolute atomic E-state index is 0.0460. The zero-order valence-corrected chi connectivity index (χ0v) is 12.0. The number of esters is 1. The van der Waals surface area contributed by atoms with Crippen molar-refractivity contribution in [2.75, 3.05) is 13.2 Å². The van der Waals surface area contributed by atoms with Crippen molar-refractivity contribution in [3.05, 3.63) is 0 Å².